The molecule has 8 heteroatoms. The highest BCUT2D eigenvalue weighted by atomic mass is 32.2. The lowest BCUT2D eigenvalue weighted by molar-refractivity contribution is -0.113. The fourth-order valence-corrected chi connectivity index (χ4v) is 4.57. The molecular formula is C21H17FN4OS2. The Balaban J connectivity index is 1.52. The molecule has 0 aliphatic rings. The van der Waals surface area contributed by atoms with Crippen molar-refractivity contribution in [1.29, 1.82) is 0 Å². The fourth-order valence-electron chi connectivity index (χ4n) is 2.85. The lowest BCUT2D eigenvalue weighted by atomic mass is 10.1. The van der Waals surface area contributed by atoms with Gasteiger partial charge in [-0.3, -0.25) is 4.79 Å². The second kappa shape index (κ2) is 8.26. The summed E-state index contributed by atoms with van der Waals surface area (Å²) in [5.41, 5.74) is 5.19. The van der Waals surface area contributed by atoms with Crippen LogP contribution >= 0.6 is 23.3 Å². The number of benzene rings is 2. The second-order valence-corrected chi connectivity index (χ2v) is 8.22. The van der Waals surface area contributed by atoms with E-state index in [1.54, 1.807) is 12.1 Å². The van der Waals surface area contributed by atoms with Gasteiger partial charge in [-0.25, -0.2) is 14.4 Å². The molecule has 29 heavy (non-hydrogen) atoms. The van der Waals surface area contributed by atoms with Gasteiger partial charge in [-0.2, -0.15) is 4.37 Å². The lowest BCUT2D eigenvalue weighted by Gasteiger charge is -2.10. The monoisotopic (exact) mass is 424 g/mol. The Bertz CT molecular complexity index is 1190. The molecule has 146 valence electrons. The standard InChI is InChI=1S/C21H17FN4OS2/c1-12-4-3-5-16(13(12)2)25-17(27)10-28-21-20-19(23-11-24-21)18(26-29-20)14-6-8-15(22)9-7-14/h3-9,11H,10H2,1-2H3,(H,25,27). The molecule has 1 amide bonds. The van der Waals surface area contributed by atoms with Gasteiger partial charge in [-0.1, -0.05) is 23.9 Å². The van der Waals surface area contributed by atoms with Gasteiger partial charge >= 0.3 is 0 Å². The molecule has 0 aliphatic heterocycles. The molecule has 1 N–H and O–H groups in total. The van der Waals surface area contributed by atoms with Crippen LogP contribution in [0.3, 0.4) is 0 Å². The van der Waals surface area contributed by atoms with E-state index in [1.165, 1.54) is 41.8 Å². The van der Waals surface area contributed by atoms with Gasteiger partial charge in [0.25, 0.3) is 0 Å². The van der Waals surface area contributed by atoms with Crippen LogP contribution in [-0.2, 0) is 4.79 Å². The van der Waals surface area contributed by atoms with Crippen LogP contribution in [0.15, 0.2) is 53.8 Å². The molecule has 0 bridgehead atoms. The minimum atomic E-state index is -0.297. The number of nitrogens with one attached hydrogen (secondary N) is 1. The van der Waals surface area contributed by atoms with Crippen LogP contribution in [0.4, 0.5) is 10.1 Å². The SMILES string of the molecule is Cc1cccc(NC(=O)CSc2ncnc3c(-c4ccc(F)cc4)nsc23)c1C. The zero-order valence-corrected chi connectivity index (χ0v) is 17.4. The van der Waals surface area contributed by atoms with Crippen molar-refractivity contribution >= 4 is 45.1 Å². The van der Waals surface area contributed by atoms with E-state index in [1.807, 2.05) is 32.0 Å². The average molecular weight is 425 g/mol. The number of carbonyl (C=O) groups excluding carboxylic acids is 1. The van der Waals surface area contributed by atoms with Crippen molar-refractivity contribution < 1.29 is 9.18 Å². The maximum absolute atomic E-state index is 13.2. The highest BCUT2D eigenvalue weighted by Gasteiger charge is 2.16. The van der Waals surface area contributed by atoms with Crippen LogP contribution in [-0.4, -0.2) is 26.0 Å². The Morgan fingerprint density at radius 3 is 2.72 bits per heavy atom. The van der Waals surface area contributed by atoms with Gasteiger partial charge in [-0.05, 0) is 66.8 Å². The molecule has 0 saturated carbocycles. The third-order valence-electron chi connectivity index (χ3n) is 4.56. The van der Waals surface area contributed by atoms with Crippen LogP contribution in [0, 0.1) is 19.7 Å². The zero-order chi connectivity index (χ0) is 20.4. The van der Waals surface area contributed by atoms with Crippen LogP contribution in [0.2, 0.25) is 0 Å². The molecule has 0 unspecified atom stereocenters. The van der Waals surface area contributed by atoms with Gasteiger partial charge in [-0.15, -0.1) is 0 Å². The van der Waals surface area contributed by atoms with E-state index in [2.05, 4.69) is 19.7 Å². The number of thioether (sulfide) groups is 1. The first-order valence-corrected chi connectivity index (χ1v) is 10.6. The molecule has 2 aromatic heterocycles. The number of aromatic nitrogens is 3. The van der Waals surface area contributed by atoms with Crippen LogP contribution < -0.4 is 5.32 Å². The molecule has 0 spiro atoms. The summed E-state index contributed by atoms with van der Waals surface area (Å²) < 4.78 is 18.5. The van der Waals surface area contributed by atoms with Gasteiger partial charge in [0.15, 0.2) is 0 Å². The normalized spacial score (nSPS) is 11.0. The topological polar surface area (TPSA) is 67.8 Å². The first-order chi connectivity index (χ1) is 14.0. The summed E-state index contributed by atoms with van der Waals surface area (Å²) in [4.78, 5) is 21.1. The van der Waals surface area contributed by atoms with E-state index in [9.17, 15) is 9.18 Å². The summed E-state index contributed by atoms with van der Waals surface area (Å²) in [7, 11) is 0. The van der Waals surface area contributed by atoms with Gasteiger partial charge < -0.3 is 5.32 Å². The Morgan fingerprint density at radius 2 is 1.93 bits per heavy atom. The highest BCUT2D eigenvalue weighted by Crippen LogP contribution is 2.34. The minimum absolute atomic E-state index is 0.0984. The Labute approximate surface area is 175 Å². The molecule has 2 heterocycles. The summed E-state index contributed by atoms with van der Waals surface area (Å²) >= 11 is 2.62. The van der Waals surface area contributed by atoms with Crippen molar-refractivity contribution in [2.24, 2.45) is 0 Å². The van der Waals surface area contributed by atoms with Gasteiger partial charge in [0.2, 0.25) is 5.91 Å². The van der Waals surface area contributed by atoms with Crippen molar-refractivity contribution in [3.63, 3.8) is 0 Å². The van der Waals surface area contributed by atoms with Crippen LogP contribution in [0.25, 0.3) is 21.5 Å². The molecule has 0 fully saturated rings. The Hall–Kier alpha value is -2.84. The van der Waals surface area contributed by atoms with Gasteiger partial charge in [0.1, 0.15) is 33.1 Å². The third-order valence-corrected chi connectivity index (χ3v) is 6.52. The third kappa shape index (κ3) is 4.13. The maximum Gasteiger partial charge on any atom is 0.234 e. The van der Waals surface area contributed by atoms with Crippen LogP contribution in [0.5, 0.6) is 0 Å². The number of carbonyl (C=O) groups is 1. The number of hydrogen-bond donors (Lipinski definition) is 1. The highest BCUT2D eigenvalue weighted by molar-refractivity contribution is 8.00. The van der Waals surface area contributed by atoms with Crippen molar-refractivity contribution in [2.45, 2.75) is 18.9 Å². The van der Waals surface area contributed by atoms with E-state index in [0.29, 0.717) is 16.2 Å². The number of halogens is 1. The van der Waals surface area contributed by atoms with Crippen molar-refractivity contribution in [3.8, 4) is 11.3 Å². The van der Waals surface area contributed by atoms with E-state index in [-0.39, 0.29) is 17.5 Å². The molecule has 2 aromatic carbocycles. The number of anilines is 1. The maximum atomic E-state index is 13.2. The minimum Gasteiger partial charge on any atom is -0.325 e. The van der Waals surface area contributed by atoms with E-state index in [0.717, 1.165) is 27.1 Å². The van der Waals surface area contributed by atoms with Crippen molar-refractivity contribution in [1.82, 2.24) is 14.3 Å². The van der Waals surface area contributed by atoms with Crippen molar-refractivity contribution in [2.75, 3.05) is 11.1 Å². The fraction of sp³-hybridized carbons (Fsp3) is 0.143. The quantitative estimate of drug-likeness (QED) is 0.350. The molecule has 4 aromatic rings. The smallest absolute Gasteiger partial charge is 0.234 e. The summed E-state index contributed by atoms with van der Waals surface area (Å²) in [6.07, 6.45) is 1.47. The molecule has 4 rings (SSSR count). The summed E-state index contributed by atoms with van der Waals surface area (Å²) in [6.45, 7) is 4.00. The van der Waals surface area contributed by atoms with Gasteiger partial charge in [0, 0.05) is 11.3 Å². The summed E-state index contributed by atoms with van der Waals surface area (Å²) in [5.74, 6) is -0.170. The predicted molar refractivity (Wildman–Crippen MR) is 116 cm³/mol. The molecular weight excluding hydrogens is 407 g/mol. The largest absolute Gasteiger partial charge is 0.325 e. The van der Waals surface area contributed by atoms with Crippen molar-refractivity contribution in [3.05, 3.63) is 65.7 Å². The zero-order valence-electron chi connectivity index (χ0n) is 15.8. The predicted octanol–water partition coefficient (Wildman–Crippen LogP) is 5.24. The average Bonchev–Trinajstić information content (AvgIpc) is 3.15. The second-order valence-electron chi connectivity index (χ2n) is 6.48. The summed E-state index contributed by atoms with van der Waals surface area (Å²) in [5, 5.41) is 3.66. The van der Waals surface area contributed by atoms with E-state index in [4.69, 9.17) is 0 Å². The number of nitrogens with zero attached hydrogens (tertiary/aromatic N) is 3. The molecule has 0 saturated heterocycles. The number of aryl methyl sites for hydroxylation is 1. The molecule has 0 aliphatic carbocycles. The first-order valence-electron chi connectivity index (χ1n) is 8.88. The number of amides is 1. The molecule has 5 nitrogen and oxygen atoms in total. The Kier molecular flexibility index (Phi) is 5.55. The van der Waals surface area contributed by atoms with E-state index < -0.39 is 0 Å². The number of fused-ring (bicyclic) bond motifs is 1. The van der Waals surface area contributed by atoms with Crippen LogP contribution in [0.1, 0.15) is 11.1 Å². The Morgan fingerprint density at radius 1 is 1.14 bits per heavy atom. The first kappa shape index (κ1) is 19.5. The van der Waals surface area contributed by atoms with Gasteiger partial charge in [0.05, 0.1) is 5.75 Å². The number of rotatable bonds is 5. The number of hydrogen-bond acceptors (Lipinski definition) is 6. The molecule has 0 radical (unpaired) electrons. The van der Waals surface area contributed by atoms with E-state index >= 15 is 0 Å². The molecule has 0 atom stereocenters. The lowest BCUT2D eigenvalue weighted by Crippen LogP contribution is -2.15. The summed E-state index contributed by atoms with van der Waals surface area (Å²) in [6, 6.07) is 12.0.